The van der Waals surface area contributed by atoms with E-state index < -0.39 is 0 Å². The highest BCUT2D eigenvalue weighted by Crippen LogP contribution is 2.46. The van der Waals surface area contributed by atoms with Crippen LogP contribution >= 0.6 is 34.4 Å². The van der Waals surface area contributed by atoms with E-state index in [1.54, 1.807) is 34.8 Å². The van der Waals surface area contributed by atoms with Gasteiger partial charge in [-0.25, -0.2) is 8.78 Å². The van der Waals surface area contributed by atoms with Crippen molar-refractivity contribution in [2.45, 2.75) is 119 Å². The molecule has 3 heterocycles. The van der Waals surface area contributed by atoms with Gasteiger partial charge in [0.15, 0.2) is 0 Å². The van der Waals surface area contributed by atoms with Gasteiger partial charge in [-0.05, 0) is 104 Å². The Kier molecular flexibility index (Phi) is 13.9. The van der Waals surface area contributed by atoms with Crippen molar-refractivity contribution in [3.8, 4) is 41.8 Å². The number of nitrogens with zero attached hydrogens (tertiary/aromatic N) is 2. The molecule has 0 fully saturated rings. The Morgan fingerprint density at radius 2 is 1.11 bits per heavy atom. The zero-order chi connectivity index (χ0) is 38.4. The van der Waals surface area contributed by atoms with E-state index in [2.05, 4.69) is 84.9 Å². The number of rotatable bonds is 18. The van der Waals surface area contributed by atoms with E-state index in [0.29, 0.717) is 28.9 Å². The van der Waals surface area contributed by atoms with E-state index in [1.165, 1.54) is 56.7 Å². The lowest BCUT2D eigenvalue weighted by atomic mass is 9.84. The highest BCUT2D eigenvalue weighted by Gasteiger charge is 2.22. The van der Waals surface area contributed by atoms with Gasteiger partial charge in [-0.2, -0.15) is 8.75 Å². The van der Waals surface area contributed by atoms with Crippen molar-refractivity contribution in [3.63, 3.8) is 0 Å². The Labute approximate surface area is 334 Å². The molecule has 0 saturated heterocycles. The molecule has 286 valence electrons. The molecule has 0 amide bonds. The maximum absolute atomic E-state index is 15.7. The van der Waals surface area contributed by atoms with E-state index in [0.717, 1.165) is 89.6 Å². The van der Waals surface area contributed by atoms with Crippen LogP contribution in [-0.4, -0.2) is 8.75 Å². The first-order valence-electron chi connectivity index (χ1n) is 20.2. The van der Waals surface area contributed by atoms with Crippen LogP contribution in [0.15, 0.2) is 60.7 Å². The smallest absolute Gasteiger partial charge is 0.132 e. The number of halogens is 2. The maximum atomic E-state index is 15.7. The van der Waals surface area contributed by atoms with E-state index >= 15 is 8.78 Å². The van der Waals surface area contributed by atoms with Gasteiger partial charge in [0.1, 0.15) is 22.7 Å². The van der Waals surface area contributed by atoms with Gasteiger partial charge in [0.25, 0.3) is 0 Å². The predicted molar refractivity (Wildman–Crippen MR) is 232 cm³/mol. The first-order chi connectivity index (χ1) is 26.1. The van der Waals surface area contributed by atoms with Crippen molar-refractivity contribution in [3.05, 3.63) is 94.6 Å². The molecule has 0 radical (unpaired) electrons. The van der Waals surface area contributed by atoms with Gasteiger partial charge >= 0.3 is 0 Å². The number of aryl methyl sites for hydroxylation is 4. The van der Waals surface area contributed by atoms with Crippen LogP contribution in [0.25, 0.3) is 52.8 Å². The summed E-state index contributed by atoms with van der Waals surface area (Å²) in [5.41, 5.74) is 9.35. The first-order valence-corrected chi connectivity index (χ1v) is 22.6. The molecule has 2 nitrogen and oxygen atoms in total. The third-order valence-corrected chi connectivity index (χ3v) is 14.7. The van der Waals surface area contributed by atoms with Crippen molar-refractivity contribution >= 4 is 45.4 Å². The summed E-state index contributed by atoms with van der Waals surface area (Å²) in [7, 11) is 0. The van der Waals surface area contributed by atoms with Gasteiger partial charge < -0.3 is 0 Å². The van der Waals surface area contributed by atoms with Gasteiger partial charge in [-0.3, -0.25) is 0 Å². The van der Waals surface area contributed by atoms with Gasteiger partial charge in [0, 0.05) is 41.8 Å². The summed E-state index contributed by atoms with van der Waals surface area (Å²) in [4.78, 5) is 4.00. The molecule has 0 spiro atoms. The van der Waals surface area contributed by atoms with Crippen molar-refractivity contribution in [2.24, 2.45) is 17.8 Å². The van der Waals surface area contributed by atoms with Gasteiger partial charge in [0.2, 0.25) is 0 Å². The molecule has 54 heavy (non-hydrogen) atoms. The second-order valence-electron chi connectivity index (χ2n) is 15.4. The Morgan fingerprint density at radius 3 is 1.57 bits per heavy atom. The molecule has 3 atom stereocenters. The molecule has 0 aliphatic carbocycles. The van der Waals surface area contributed by atoms with Crippen LogP contribution in [-0.2, 0) is 12.8 Å². The number of unbranched alkanes of at least 4 members (excludes halogenated alkanes) is 1. The SMILES string of the molecule is CCCCC(CC)CCc1ccc(-c2cc(C)c(-c3ccc(-c4sc(-c5ccc(CCC(CC)C(C)CCC)cc5F)cc4C)c4nsnc34)s2)c(F)c1. The van der Waals surface area contributed by atoms with Crippen LogP contribution in [0.3, 0.4) is 0 Å². The molecule has 7 heteroatoms. The Morgan fingerprint density at radius 1 is 0.593 bits per heavy atom. The number of fused-ring (bicyclic) bond motifs is 1. The van der Waals surface area contributed by atoms with Gasteiger partial charge in [0.05, 0.1) is 11.7 Å². The van der Waals surface area contributed by atoms with Crippen LogP contribution in [0.1, 0.15) is 115 Å². The van der Waals surface area contributed by atoms with Crippen molar-refractivity contribution in [1.82, 2.24) is 8.75 Å². The van der Waals surface area contributed by atoms with E-state index in [9.17, 15) is 0 Å². The largest absolute Gasteiger partial charge is 0.206 e. The minimum Gasteiger partial charge on any atom is -0.206 e. The predicted octanol–water partition coefficient (Wildman–Crippen LogP) is 15.9. The quantitative estimate of drug-likeness (QED) is 0.0868. The summed E-state index contributed by atoms with van der Waals surface area (Å²) in [6.45, 7) is 15.6. The monoisotopic (exact) mass is 782 g/mol. The number of hydrogen-bond acceptors (Lipinski definition) is 5. The van der Waals surface area contributed by atoms with Crippen molar-refractivity contribution in [2.75, 3.05) is 0 Å². The maximum Gasteiger partial charge on any atom is 0.132 e. The highest BCUT2D eigenvalue weighted by molar-refractivity contribution is 7.19. The van der Waals surface area contributed by atoms with Crippen LogP contribution in [0.2, 0.25) is 0 Å². The molecule has 0 N–H and O–H groups in total. The van der Waals surface area contributed by atoms with Crippen LogP contribution in [0.5, 0.6) is 0 Å². The van der Waals surface area contributed by atoms with Crippen LogP contribution in [0, 0.1) is 43.2 Å². The molecule has 6 aromatic rings. The normalized spacial score (nSPS) is 13.5. The second kappa shape index (κ2) is 18.6. The fourth-order valence-corrected chi connectivity index (χ4v) is 11.2. The lowest BCUT2D eigenvalue weighted by Gasteiger charge is -2.22. The van der Waals surface area contributed by atoms with E-state index in [1.807, 2.05) is 12.1 Å². The lowest BCUT2D eigenvalue weighted by Crippen LogP contribution is -2.12. The molecule has 0 bridgehead atoms. The average molecular weight is 783 g/mol. The molecule has 6 rings (SSSR count). The van der Waals surface area contributed by atoms with Crippen LogP contribution in [0.4, 0.5) is 8.78 Å². The average Bonchev–Trinajstić information content (AvgIpc) is 3.90. The summed E-state index contributed by atoms with van der Waals surface area (Å²) in [6, 6.07) is 20.1. The van der Waals surface area contributed by atoms with Gasteiger partial charge in [-0.1, -0.05) is 116 Å². The highest BCUT2D eigenvalue weighted by atomic mass is 32.1. The van der Waals surface area contributed by atoms with E-state index in [4.69, 9.17) is 8.75 Å². The number of benzene rings is 3. The summed E-state index contributed by atoms with van der Waals surface area (Å²) in [5, 5.41) is 0. The number of thiophene rings is 2. The number of aromatic nitrogens is 2. The molecule has 3 unspecified atom stereocenters. The zero-order valence-corrected chi connectivity index (χ0v) is 35.6. The third-order valence-electron chi connectivity index (χ3n) is 11.6. The van der Waals surface area contributed by atoms with E-state index in [-0.39, 0.29) is 11.6 Å². The lowest BCUT2D eigenvalue weighted by molar-refractivity contribution is 0.307. The Hall–Kier alpha value is -3.26. The molecule has 0 aliphatic heterocycles. The molecular formula is C47H56F2N2S3. The molecule has 3 aromatic carbocycles. The molecule has 3 aromatic heterocycles. The molecule has 0 saturated carbocycles. The Bertz CT molecular complexity index is 2160. The minimum atomic E-state index is -0.159. The number of hydrogen-bond donors (Lipinski definition) is 0. The minimum absolute atomic E-state index is 0.157. The first kappa shape index (κ1) is 40.4. The fraction of sp³-hybridized carbons (Fsp3) is 0.447. The second-order valence-corrected chi connectivity index (χ2v) is 18.1. The summed E-state index contributed by atoms with van der Waals surface area (Å²) in [6.07, 6.45) is 12.6. The van der Waals surface area contributed by atoms with Crippen LogP contribution < -0.4 is 0 Å². The molecular weight excluding hydrogens is 727 g/mol. The zero-order valence-electron chi connectivity index (χ0n) is 33.2. The van der Waals surface area contributed by atoms with Gasteiger partial charge in [-0.15, -0.1) is 22.7 Å². The molecule has 0 aliphatic rings. The van der Waals surface area contributed by atoms with Crippen molar-refractivity contribution < 1.29 is 8.78 Å². The summed E-state index contributed by atoms with van der Waals surface area (Å²) in [5.74, 6) is 1.77. The third kappa shape index (κ3) is 9.06. The standard InChI is InChI=1S/C47H56F2N2S3/c1-8-12-14-32(10-3)15-16-33-18-21-36(40(48)27-33)42-25-30(6)46(52-42)38-23-24-39(45-44(38)50-54-51-45)47-31(7)26-43(53-47)37-22-19-34(28-41(37)49)17-20-35(11-4)29(5)13-9-2/h18-19,21-29,32,35H,8-17,20H2,1-7H3. The summed E-state index contributed by atoms with van der Waals surface area (Å²) < 4.78 is 40.9. The topological polar surface area (TPSA) is 25.8 Å². The van der Waals surface area contributed by atoms with Crippen molar-refractivity contribution in [1.29, 1.82) is 0 Å². The fourth-order valence-electron chi connectivity index (χ4n) is 8.18. The Balaban J connectivity index is 1.22. The summed E-state index contributed by atoms with van der Waals surface area (Å²) >= 11 is 4.43.